The van der Waals surface area contributed by atoms with Crippen molar-refractivity contribution in [2.75, 3.05) is 0 Å². The van der Waals surface area contributed by atoms with Crippen LogP contribution >= 0.6 is 0 Å². The Morgan fingerprint density at radius 2 is 0.485 bits per heavy atom. The number of hydrogen-bond donors (Lipinski definition) is 1. The van der Waals surface area contributed by atoms with Gasteiger partial charge in [0.15, 0.2) is 0 Å². The molecule has 0 rings (SSSR count). The zero-order valence-electron chi connectivity index (χ0n) is 13.5. The molecule has 0 radical (unpaired) electrons. The summed E-state index contributed by atoms with van der Waals surface area (Å²) in [5.74, 6) is 0. The minimum absolute atomic E-state index is 2.87. The molecule has 1 N–H and O–H groups in total. The van der Waals surface area contributed by atoms with Crippen LogP contribution in [0.5, 0.6) is 0 Å². The Bertz CT molecular complexity index is 343. The second kappa shape index (κ2) is 26.1. The molecule has 0 aromatic heterocycles. The monoisotopic (exact) mass is 640 g/mol. The predicted molar refractivity (Wildman–Crippen MR) is 33.0 cm³/mol. The minimum atomic E-state index is -6.14. The van der Waals surface area contributed by atoms with Gasteiger partial charge in [-0.05, 0) is 40.3 Å². The van der Waals surface area contributed by atoms with Crippen LogP contribution in [0, 0.1) is 0 Å². The molecule has 0 spiro atoms. The third-order valence-corrected chi connectivity index (χ3v) is 1.41. The van der Waals surface area contributed by atoms with Gasteiger partial charge in [0.05, 0.1) is 5.04 Å². The van der Waals surface area contributed by atoms with Crippen molar-refractivity contribution in [1.29, 1.82) is 0 Å². The average Bonchev–Trinajstić information content (AvgIpc) is 2.78. The summed E-state index contributed by atoms with van der Waals surface area (Å²) in [4.78, 5) is 0. The molecule has 33 heteroatoms. The Morgan fingerprint density at radius 1 is 0.303 bits per heavy atom. The van der Waals surface area contributed by atoms with Gasteiger partial charge in [0.2, 0.25) is 3.22 Å². The molecule has 0 atom stereocenters. The molecular weight excluding hydrogens is 639 g/mol. The van der Waals surface area contributed by atoms with E-state index in [0.29, 0.717) is 0 Å². The van der Waals surface area contributed by atoms with Crippen molar-refractivity contribution in [3.05, 3.63) is 0 Å². The third kappa shape index (κ3) is 31.5. The predicted octanol–water partition coefficient (Wildman–Crippen LogP) is -8.47. The van der Waals surface area contributed by atoms with Crippen molar-refractivity contribution in [1.82, 2.24) is 0 Å². The second-order valence-corrected chi connectivity index (χ2v) is 4.80. The first-order chi connectivity index (χ1) is 16.1. The molecule has 0 saturated heterocycles. The van der Waals surface area contributed by atoms with Crippen LogP contribution in [0.2, 0.25) is 0 Å². The zero-order valence-corrected chi connectivity index (χ0v) is 15.6. The standard InChI is InChI=1S/HIO32/c2-1(3,4)6-8-10-12-14-16-18-20-22-24-26-28-30-32-33-31-29-27-25-23-21-19-17-15-13-11-9-7-5/h5H. The van der Waals surface area contributed by atoms with Gasteiger partial charge in [-0.15, -0.1) is 0 Å². The maximum atomic E-state index is 9.89. The summed E-state index contributed by atoms with van der Waals surface area (Å²) in [6.07, 6.45) is 0. The number of halogens is 1. The van der Waals surface area contributed by atoms with Crippen molar-refractivity contribution < 1.29 is 175 Å². The number of rotatable bonds is 28. The van der Waals surface area contributed by atoms with E-state index < -0.39 is 20.1 Å². The van der Waals surface area contributed by atoms with Crippen molar-refractivity contribution in [2.24, 2.45) is 0 Å². The summed E-state index contributed by atoms with van der Waals surface area (Å²) in [5, 5.41) is 98.9. The third-order valence-electron chi connectivity index (χ3n) is 0.828. The van der Waals surface area contributed by atoms with Crippen LogP contribution in [0.1, 0.15) is 0 Å². The number of hydrogen-bond acceptors (Lipinski definition) is 32. The van der Waals surface area contributed by atoms with Crippen LogP contribution in [0.4, 0.5) is 0 Å². The Hall–Kier alpha value is -0.550. The second-order valence-electron chi connectivity index (χ2n) is 2.28. The van der Waals surface area contributed by atoms with Crippen molar-refractivity contribution in [3.8, 4) is 0 Å². The van der Waals surface area contributed by atoms with Gasteiger partial charge in [-0.25, -0.2) is 5.26 Å². The van der Waals surface area contributed by atoms with Gasteiger partial charge < -0.3 is 0 Å². The van der Waals surface area contributed by atoms with Gasteiger partial charge >= 0.3 is 20.1 Å². The van der Waals surface area contributed by atoms with Crippen LogP contribution in [0.15, 0.2) is 0 Å². The SMILES string of the molecule is [O-][I+3]([O-])([O-])OOOOOOOOOOOOOOOOOOOOOOOOOOOOO. The molecule has 0 bridgehead atoms. The molecule has 33 heavy (non-hydrogen) atoms. The molecule has 0 saturated carbocycles. The summed E-state index contributed by atoms with van der Waals surface area (Å²) in [7, 11) is 0. The van der Waals surface area contributed by atoms with E-state index in [1.54, 1.807) is 0 Å². The maximum Gasteiger partial charge on any atom is 0.426 e. The summed E-state index contributed by atoms with van der Waals surface area (Å²) in [6.45, 7) is 0. The van der Waals surface area contributed by atoms with Crippen LogP contribution in [-0.2, 0) is 139 Å². The molecule has 0 fully saturated rings. The minimum Gasteiger partial charge on any atom is -0.253 e. The smallest absolute Gasteiger partial charge is 0.253 e. The van der Waals surface area contributed by atoms with Gasteiger partial charge in [0, 0.05) is 90.7 Å². The first kappa shape index (κ1) is 32.5. The average molecular weight is 640 g/mol. The van der Waals surface area contributed by atoms with Crippen molar-refractivity contribution >= 4 is 0 Å². The summed E-state index contributed by atoms with van der Waals surface area (Å²) in [5.41, 5.74) is 0. The fourth-order valence-corrected chi connectivity index (χ4v) is 0.566. The van der Waals surface area contributed by atoms with Crippen LogP contribution < -0.4 is 30.4 Å². The van der Waals surface area contributed by atoms with E-state index in [1.165, 1.54) is 0 Å². The largest absolute Gasteiger partial charge is 0.426 e. The fourth-order valence-electron chi connectivity index (χ4n) is 0.327. The highest BCUT2D eigenvalue weighted by Gasteiger charge is 2.30. The van der Waals surface area contributed by atoms with E-state index >= 15 is 0 Å². The van der Waals surface area contributed by atoms with Gasteiger partial charge in [0.25, 0.3) is 0 Å². The lowest BCUT2D eigenvalue weighted by Crippen LogP contribution is -4.24. The van der Waals surface area contributed by atoms with E-state index in [4.69, 9.17) is 5.26 Å². The highest BCUT2D eigenvalue weighted by molar-refractivity contribution is 3.10. The van der Waals surface area contributed by atoms with Crippen molar-refractivity contribution in [3.63, 3.8) is 0 Å². The topological polar surface area (TPSA) is 348 Å². The summed E-state index contributed by atoms with van der Waals surface area (Å²) >= 11 is -6.14. The lowest BCUT2D eigenvalue weighted by atomic mass is 14.0. The quantitative estimate of drug-likeness (QED) is 0.0359. The first-order valence-electron chi connectivity index (χ1n) is 5.30. The Balaban J connectivity index is 3.03. The zero-order chi connectivity index (χ0) is 24.3. The molecule has 0 aromatic rings. The molecule has 0 heterocycles. The van der Waals surface area contributed by atoms with Crippen molar-refractivity contribution in [2.45, 2.75) is 0 Å². The molecule has 0 unspecified atom stereocenters. The molecule has 200 valence electrons. The Morgan fingerprint density at radius 3 is 0.667 bits per heavy atom. The first-order valence-corrected chi connectivity index (χ1v) is 8.82. The highest BCUT2D eigenvalue weighted by Crippen LogP contribution is 1.94. The molecular formula is HIO32. The van der Waals surface area contributed by atoms with Crippen LogP contribution in [-0.4, -0.2) is 5.26 Å². The van der Waals surface area contributed by atoms with E-state index in [2.05, 4.69) is 139 Å². The fraction of sp³-hybridized carbons (Fsp3) is 0. The molecule has 0 aliphatic carbocycles. The van der Waals surface area contributed by atoms with Gasteiger partial charge in [0.1, 0.15) is 0 Å². The Labute approximate surface area is 176 Å². The summed E-state index contributed by atoms with van der Waals surface area (Å²) in [6, 6.07) is 0. The maximum absolute atomic E-state index is 9.89. The summed E-state index contributed by atoms with van der Waals surface area (Å²) < 4.78 is 32.7. The lowest BCUT2D eigenvalue weighted by Gasteiger charge is -2.00. The highest BCUT2D eigenvalue weighted by atomic mass is 127. The van der Waals surface area contributed by atoms with Crippen LogP contribution in [0.25, 0.3) is 0 Å². The molecule has 0 aliphatic heterocycles. The van der Waals surface area contributed by atoms with Crippen LogP contribution in [0.3, 0.4) is 0 Å². The normalized spacial score (nSPS) is 12.0. The van der Waals surface area contributed by atoms with Gasteiger partial charge in [-0.3, -0.25) is 10.3 Å². The molecule has 32 nitrogen and oxygen atoms in total. The van der Waals surface area contributed by atoms with E-state index in [9.17, 15) is 10.3 Å². The van der Waals surface area contributed by atoms with Gasteiger partial charge in [-0.1, -0.05) is 0 Å². The molecule has 0 amide bonds. The van der Waals surface area contributed by atoms with E-state index in [1.807, 2.05) is 0 Å². The van der Waals surface area contributed by atoms with E-state index in [-0.39, 0.29) is 0 Å². The molecule has 0 aliphatic rings. The Kier molecular flexibility index (Phi) is 25.6. The molecule has 0 aromatic carbocycles. The lowest BCUT2D eigenvalue weighted by molar-refractivity contribution is -1.93. The van der Waals surface area contributed by atoms with Gasteiger partial charge in [-0.2, -0.15) is 0 Å². The van der Waals surface area contributed by atoms with E-state index in [0.717, 1.165) is 0 Å².